The molecular weight excluding hydrogens is 290 g/mol. The van der Waals surface area contributed by atoms with Crippen LogP contribution >= 0.6 is 11.3 Å². The van der Waals surface area contributed by atoms with Crippen LogP contribution in [0.1, 0.15) is 34.5 Å². The van der Waals surface area contributed by atoms with Crippen LogP contribution in [0, 0.1) is 6.92 Å². The molecule has 106 valence electrons. The third-order valence-corrected chi connectivity index (χ3v) is 6.60. The van der Waals surface area contributed by atoms with Gasteiger partial charge in [-0.3, -0.25) is 0 Å². The Labute approximate surface area is 115 Å². The van der Waals surface area contributed by atoms with Crippen LogP contribution in [0.25, 0.3) is 0 Å². The van der Waals surface area contributed by atoms with Crippen LogP contribution in [0.5, 0.6) is 0 Å². The molecule has 1 aliphatic carbocycles. The molecule has 1 aromatic rings. The van der Waals surface area contributed by atoms with Crippen molar-refractivity contribution in [3.63, 3.8) is 0 Å². The van der Waals surface area contributed by atoms with Gasteiger partial charge in [0.25, 0.3) is 10.0 Å². The van der Waals surface area contributed by atoms with Crippen LogP contribution in [-0.4, -0.2) is 36.7 Å². The molecule has 6 nitrogen and oxygen atoms in total. The molecule has 0 radical (unpaired) electrons. The predicted octanol–water partition coefficient (Wildman–Crippen LogP) is 0.948. The molecule has 0 spiro atoms. The normalized spacial score (nSPS) is 18.0. The summed E-state index contributed by atoms with van der Waals surface area (Å²) >= 11 is 0.729. The lowest BCUT2D eigenvalue weighted by Crippen LogP contribution is -2.55. The van der Waals surface area contributed by atoms with Crippen molar-refractivity contribution in [1.29, 1.82) is 0 Å². The Morgan fingerprint density at radius 2 is 2.16 bits per heavy atom. The Bertz CT molecular complexity index is 595. The summed E-state index contributed by atoms with van der Waals surface area (Å²) in [6, 6.07) is 1.35. The topological polar surface area (TPSA) is 104 Å². The summed E-state index contributed by atoms with van der Waals surface area (Å²) < 4.78 is 26.8. The first-order chi connectivity index (χ1) is 8.80. The number of aliphatic hydroxyl groups excluding tert-OH is 1. The maximum atomic E-state index is 12.2. The second kappa shape index (κ2) is 4.86. The van der Waals surface area contributed by atoms with Crippen LogP contribution < -0.4 is 4.72 Å². The Hall–Kier alpha value is -0.960. The van der Waals surface area contributed by atoms with E-state index in [-0.39, 0.29) is 15.7 Å². The number of carboxylic acids is 1. The SMILES string of the molecule is Cc1cc(S(=O)(=O)NC2(CO)CCC2)sc1C(=O)O. The number of aryl methyl sites for hydroxylation is 1. The van der Waals surface area contributed by atoms with Gasteiger partial charge in [0.05, 0.1) is 12.1 Å². The molecule has 1 aromatic heterocycles. The number of hydrogen-bond acceptors (Lipinski definition) is 5. The molecule has 0 amide bonds. The van der Waals surface area contributed by atoms with Gasteiger partial charge in [-0.1, -0.05) is 0 Å². The van der Waals surface area contributed by atoms with Crippen molar-refractivity contribution < 1.29 is 23.4 Å². The van der Waals surface area contributed by atoms with E-state index in [2.05, 4.69) is 4.72 Å². The van der Waals surface area contributed by atoms with Crippen molar-refractivity contribution in [3.05, 3.63) is 16.5 Å². The van der Waals surface area contributed by atoms with Gasteiger partial charge < -0.3 is 10.2 Å². The average Bonchev–Trinajstić information content (AvgIpc) is 2.67. The molecule has 8 heteroatoms. The van der Waals surface area contributed by atoms with E-state index in [4.69, 9.17) is 5.11 Å². The second-order valence-corrected chi connectivity index (χ2v) is 7.74. The molecular formula is C11H15NO5S2. The monoisotopic (exact) mass is 305 g/mol. The van der Waals surface area contributed by atoms with Gasteiger partial charge in [-0.15, -0.1) is 11.3 Å². The zero-order valence-electron chi connectivity index (χ0n) is 10.3. The number of sulfonamides is 1. The highest BCUT2D eigenvalue weighted by Gasteiger charge is 2.40. The third kappa shape index (κ3) is 2.66. The fourth-order valence-electron chi connectivity index (χ4n) is 2.03. The van der Waals surface area contributed by atoms with Gasteiger partial charge in [0.2, 0.25) is 0 Å². The number of carboxylic acid groups (broad SMARTS) is 1. The zero-order valence-corrected chi connectivity index (χ0v) is 12.0. The van der Waals surface area contributed by atoms with Gasteiger partial charge in [-0.05, 0) is 37.8 Å². The van der Waals surface area contributed by atoms with E-state index in [1.807, 2.05) is 0 Å². The Kier molecular flexibility index (Phi) is 3.69. The average molecular weight is 305 g/mol. The lowest BCUT2D eigenvalue weighted by atomic mass is 9.78. The zero-order chi connectivity index (χ0) is 14.3. The Morgan fingerprint density at radius 1 is 1.53 bits per heavy atom. The van der Waals surface area contributed by atoms with Gasteiger partial charge in [-0.2, -0.15) is 0 Å². The Morgan fingerprint density at radius 3 is 2.53 bits per heavy atom. The van der Waals surface area contributed by atoms with E-state index in [0.29, 0.717) is 18.4 Å². The number of nitrogens with one attached hydrogen (secondary N) is 1. The standard InChI is InChI=1S/C11H15NO5S2/c1-7-5-8(18-9(7)10(14)15)19(16,17)12-11(6-13)3-2-4-11/h5,12-13H,2-4,6H2,1H3,(H,14,15). The van der Waals surface area contributed by atoms with Gasteiger partial charge >= 0.3 is 5.97 Å². The lowest BCUT2D eigenvalue weighted by Gasteiger charge is -2.40. The lowest BCUT2D eigenvalue weighted by molar-refractivity contribution is 0.0701. The van der Waals surface area contributed by atoms with Crippen LogP contribution in [-0.2, 0) is 10.0 Å². The summed E-state index contributed by atoms with van der Waals surface area (Å²) in [5, 5.41) is 18.2. The van der Waals surface area contributed by atoms with E-state index < -0.39 is 21.5 Å². The first kappa shape index (κ1) is 14.4. The highest BCUT2D eigenvalue weighted by atomic mass is 32.2. The van der Waals surface area contributed by atoms with E-state index >= 15 is 0 Å². The van der Waals surface area contributed by atoms with Gasteiger partial charge in [0, 0.05) is 0 Å². The molecule has 0 aliphatic heterocycles. The summed E-state index contributed by atoms with van der Waals surface area (Å²) in [4.78, 5) is 10.9. The van der Waals surface area contributed by atoms with Crippen LogP contribution in [0.2, 0.25) is 0 Å². The number of hydrogen-bond donors (Lipinski definition) is 3. The first-order valence-electron chi connectivity index (χ1n) is 5.78. The van der Waals surface area contributed by atoms with Crippen molar-refractivity contribution in [2.45, 2.75) is 35.9 Å². The maximum Gasteiger partial charge on any atom is 0.346 e. The first-order valence-corrected chi connectivity index (χ1v) is 8.08. The van der Waals surface area contributed by atoms with Gasteiger partial charge in [0.15, 0.2) is 0 Å². The molecule has 0 bridgehead atoms. The molecule has 0 unspecified atom stereocenters. The summed E-state index contributed by atoms with van der Waals surface area (Å²) in [5.41, 5.74) is -0.357. The smallest absolute Gasteiger partial charge is 0.346 e. The molecule has 19 heavy (non-hydrogen) atoms. The van der Waals surface area contributed by atoms with Crippen molar-refractivity contribution in [2.75, 3.05) is 6.61 Å². The molecule has 1 fully saturated rings. The number of rotatable bonds is 5. The van der Waals surface area contributed by atoms with Gasteiger partial charge in [-0.25, -0.2) is 17.9 Å². The summed E-state index contributed by atoms with van der Waals surface area (Å²) in [7, 11) is -3.78. The maximum absolute atomic E-state index is 12.2. The highest BCUT2D eigenvalue weighted by molar-refractivity contribution is 7.91. The molecule has 1 heterocycles. The Balaban J connectivity index is 2.29. The fourth-order valence-corrected chi connectivity index (χ4v) is 4.86. The number of thiophene rings is 1. The van der Waals surface area contributed by atoms with Crippen molar-refractivity contribution in [3.8, 4) is 0 Å². The minimum absolute atomic E-state index is 0.0204. The summed E-state index contributed by atoms with van der Waals surface area (Å²) in [6.07, 6.45) is 2.06. The minimum atomic E-state index is -3.78. The molecule has 0 atom stereocenters. The molecule has 3 N–H and O–H groups in total. The summed E-state index contributed by atoms with van der Waals surface area (Å²) in [5.74, 6) is -1.13. The van der Waals surface area contributed by atoms with E-state index in [0.717, 1.165) is 17.8 Å². The van der Waals surface area contributed by atoms with E-state index in [1.165, 1.54) is 6.07 Å². The van der Waals surface area contributed by atoms with Crippen LogP contribution in [0.4, 0.5) is 0 Å². The van der Waals surface area contributed by atoms with Crippen molar-refractivity contribution in [1.82, 2.24) is 4.72 Å². The molecule has 1 saturated carbocycles. The quantitative estimate of drug-likeness (QED) is 0.751. The number of aromatic carboxylic acids is 1. The van der Waals surface area contributed by atoms with Crippen LogP contribution in [0.15, 0.2) is 10.3 Å². The molecule has 2 rings (SSSR count). The van der Waals surface area contributed by atoms with Crippen molar-refractivity contribution >= 4 is 27.3 Å². The summed E-state index contributed by atoms with van der Waals surface area (Å²) in [6.45, 7) is 1.31. The number of aliphatic hydroxyl groups is 1. The van der Waals surface area contributed by atoms with E-state index in [1.54, 1.807) is 6.92 Å². The molecule has 0 saturated heterocycles. The number of carbonyl (C=O) groups is 1. The van der Waals surface area contributed by atoms with Crippen LogP contribution in [0.3, 0.4) is 0 Å². The molecule has 1 aliphatic rings. The largest absolute Gasteiger partial charge is 0.477 e. The molecule has 0 aromatic carbocycles. The van der Waals surface area contributed by atoms with E-state index in [9.17, 15) is 18.3 Å². The third-order valence-electron chi connectivity index (χ3n) is 3.32. The fraction of sp³-hybridized carbons (Fsp3) is 0.545. The minimum Gasteiger partial charge on any atom is -0.477 e. The van der Waals surface area contributed by atoms with Crippen molar-refractivity contribution in [2.24, 2.45) is 0 Å². The van der Waals surface area contributed by atoms with Gasteiger partial charge in [0.1, 0.15) is 9.09 Å². The second-order valence-electron chi connectivity index (χ2n) is 4.78. The predicted molar refractivity (Wildman–Crippen MR) is 70.0 cm³/mol. The highest BCUT2D eigenvalue weighted by Crippen LogP contribution is 2.34.